The molecule has 0 aliphatic rings. The third-order valence-electron chi connectivity index (χ3n) is 1.81. The minimum absolute atomic E-state index is 0.0443. The van der Waals surface area contributed by atoms with Crippen molar-refractivity contribution in [2.45, 2.75) is 13.3 Å². The summed E-state index contributed by atoms with van der Waals surface area (Å²) < 4.78 is 38.6. The van der Waals surface area contributed by atoms with Gasteiger partial charge in [0.2, 0.25) is 0 Å². The van der Waals surface area contributed by atoms with Gasteiger partial charge in [0.25, 0.3) is 0 Å². The Kier molecular flexibility index (Phi) is 4.44. The molecule has 0 aliphatic carbocycles. The van der Waals surface area contributed by atoms with Gasteiger partial charge in [-0.3, -0.25) is 4.74 Å². The molecule has 0 atom stereocenters. The molecule has 0 bridgehead atoms. The molecule has 0 saturated heterocycles. The molecule has 2 nitrogen and oxygen atoms in total. The van der Waals surface area contributed by atoms with Gasteiger partial charge in [0.15, 0.2) is 0 Å². The molecule has 1 aromatic rings. The fourth-order valence-corrected chi connectivity index (χ4v) is 1.31. The predicted octanol–water partition coefficient (Wildman–Crippen LogP) is 3.60. The van der Waals surface area contributed by atoms with Crippen LogP contribution in [-0.2, 0) is 4.74 Å². The second kappa shape index (κ2) is 5.41. The SMILES string of the molecule is Cc1ccc(Cl)c(NCCOC(F)(F)F)c1. The molecule has 0 saturated carbocycles. The lowest BCUT2D eigenvalue weighted by atomic mass is 10.2. The van der Waals surface area contributed by atoms with Gasteiger partial charge in [-0.25, -0.2) is 0 Å². The zero-order valence-corrected chi connectivity index (χ0v) is 9.32. The molecular weight excluding hydrogens is 243 g/mol. The van der Waals surface area contributed by atoms with Gasteiger partial charge in [0.1, 0.15) is 0 Å². The molecule has 1 rings (SSSR count). The highest BCUT2D eigenvalue weighted by molar-refractivity contribution is 6.33. The average Bonchev–Trinajstić information content (AvgIpc) is 2.16. The third-order valence-corrected chi connectivity index (χ3v) is 2.13. The summed E-state index contributed by atoms with van der Waals surface area (Å²) in [6.07, 6.45) is -4.59. The van der Waals surface area contributed by atoms with Gasteiger partial charge in [-0.2, -0.15) is 0 Å². The number of hydrogen-bond acceptors (Lipinski definition) is 2. The van der Waals surface area contributed by atoms with E-state index >= 15 is 0 Å². The molecule has 0 unspecified atom stereocenters. The summed E-state index contributed by atoms with van der Waals surface area (Å²) in [5, 5.41) is 3.24. The van der Waals surface area contributed by atoms with E-state index in [1.165, 1.54) is 0 Å². The van der Waals surface area contributed by atoms with Crippen LogP contribution in [0.4, 0.5) is 18.9 Å². The van der Waals surface area contributed by atoms with E-state index < -0.39 is 13.0 Å². The van der Waals surface area contributed by atoms with Crippen LogP contribution in [0.2, 0.25) is 5.02 Å². The van der Waals surface area contributed by atoms with Crippen molar-refractivity contribution in [3.8, 4) is 0 Å². The van der Waals surface area contributed by atoms with Crippen LogP contribution in [-0.4, -0.2) is 19.5 Å². The van der Waals surface area contributed by atoms with Crippen molar-refractivity contribution in [3.63, 3.8) is 0 Å². The van der Waals surface area contributed by atoms with Crippen LogP contribution >= 0.6 is 11.6 Å². The summed E-state index contributed by atoms with van der Waals surface area (Å²) in [6.45, 7) is 1.46. The predicted molar refractivity (Wildman–Crippen MR) is 56.7 cm³/mol. The number of nitrogens with one attached hydrogen (secondary N) is 1. The minimum Gasteiger partial charge on any atom is -0.382 e. The van der Waals surface area contributed by atoms with Gasteiger partial charge in [0, 0.05) is 6.54 Å². The summed E-state index contributed by atoms with van der Waals surface area (Å²) in [7, 11) is 0. The lowest BCUT2D eigenvalue weighted by molar-refractivity contribution is -0.322. The van der Waals surface area contributed by atoms with E-state index in [1.54, 1.807) is 12.1 Å². The Morgan fingerprint density at radius 2 is 2.06 bits per heavy atom. The maximum atomic E-state index is 11.6. The normalized spacial score (nSPS) is 11.6. The topological polar surface area (TPSA) is 21.3 Å². The summed E-state index contributed by atoms with van der Waals surface area (Å²) in [4.78, 5) is 0. The number of alkyl halides is 3. The number of hydrogen-bond donors (Lipinski definition) is 1. The molecule has 16 heavy (non-hydrogen) atoms. The summed E-state index contributed by atoms with van der Waals surface area (Å²) in [5.74, 6) is 0. The van der Waals surface area contributed by atoms with Crippen molar-refractivity contribution in [1.29, 1.82) is 0 Å². The van der Waals surface area contributed by atoms with E-state index in [-0.39, 0.29) is 6.54 Å². The van der Waals surface area contributed by atoms with Crippen molar-refractivity contribution in [2.75, 3.05) is 18.5 Å². The first-order valence-corrected chi connectivity index (χ1v) is 4.97. The van der Waals surface area contributed by atoms with Crippen molar-refractivity contribution in [3.05, 3.63) is 28.8 Å². The first-order chi connectivity index (χ1) is 7.38. The summed E-state index contributed by atoms with van der Waals surface area (Å²) in [5.41, 5.74) is 1.58. The van der Waals surface area contributed by atoms with Crippen molar-refractivity contribution in [1.82, 2.24) is 0 Å². The molecule has 0 spiro atoms. The Labute approximate surface area is 96.4 Å². The van der Waals surface area contributed by atoms with Crippen LogP contribution in [0.5, 0.6) is 0 Å². The van der Waals surface area contributed by atoms with Gasteiger partial charge >= 0.3 is 6.36 Å². The second-order valence-electron chi connectivity index (χ2n) is 3.20. The third kappa shape index (κ3) is 4.72. The first-order valence-electron chi connectivity index (χ1n) is 4.59. The molecule has 1 N–H and O–H groups in total. The number of aryl methyl sites for hydroxylation is 1. The molecule has 0 radical (unpaired) electrons. The molecule has 0 amide bonds. The Morgan fingerprint density at radius 1 is 1.38 bits per heavy atom. The average molecular weight is 254 g/mol. The quantitative estimate of drug-likeness (QED) is 0.828. The maximum Gasteiger partial charge on any atom is 0.522 e. The Balaban J connectivity index is 2.40. The number of ether oxygens (including phenoxy) is 1. The van der Waals surface area contributed by atoms with Crippen LogP contribution < -0.4 is 5.32 Å². The van der Waals surface area contributed by atoms with Crippen LogP contribution in [0.25, 0.3) is 0 Å². The number of rotatable bonds is 4. The fraction of sp³-hybridized carbons (Fsp3) is 0.400. The van der Waals surface area contributed by atoms with Crippen molar-refractivity contribution < 1.29 is 17.9 Å². The Bertz CT molecular complexity index is 354. The molecular formula is C10H11ClF3NO. The standard InChI is InChI=1S/C10H11ClF3NO/c1-7-2-3-8(11)9(6-7)15-4-5-16-10(12,13)14/h2-3,6,15H,4-5H2,1H3. The van der Waals surface area contributed by atoms with Gasteiger partial charge in [-0.1, -0.05) is 17.7 Å². The Hall–Kier alpha value is -0.940. The van der Waals surface area contributed by atoms with E-state index in [9.17, 15) is 13.2 Å². The zero-order chi connectivity index (χ0) is 12.2. The Morgan fingerprint density at radius 3 is 2.69 bits per heavy atom. The van der Waals surface area contributed by atoms with E-state index in [4.69, 9.17) is 11.6 Å². The largest absolute Gasteiger partial charge is 0.522 e. The van der Waals surface area contributed by atoms with E-state index in [0.717, 1.165) is 5.56 Å². The second-order valence-corrected chi connectivity index (χ2v) is 3.61. The van der Waals surface area contributed by atoms with Crippen molar-refractivity contribution >= 4 is 17.3 Å². The lowest BCUT2D eigenvalue weighted by Crippen LogP contribution is -2.19. The van der Waals surface area contributed by atoms with Crippen molar-refractivity contribution in [2.24, 2.45) is 0 Å². The van der Waals surface area contributed by atoms with E-state index in [1.807, 2.05) is 13.0 Å². The molecule has 0 aliphatic heterocycles. The summed E-state index contributed by atoms with van der Waals surface area (Å²) in [6, 6.07) is 5.26. The van der Waals surface area contributed by atoms with Crippen LogP contribution in [0.15, 0.2) is 18.2 Å². The number of benzene rings is 1. The molecule has 1 aromatic carbocycles. The number of halogens is 4. The van der Waals surface area contributed by atoms with Crippen LogP contribution in [0, 0.1) is 6.92 Å². The monoisotopic (exact) mass is 253 g/mol. The van der Waals surface area contributed by atoms with Crippen LogP contribution in [0.3, 0.4) is 0 Å². The first kappa shape index (κ1) is 13.1. The molecule has 90 valence electrons. The van der Waals surface area contributed by atoms with Crippen LogP contribution in [0.1, 0.15) is 5.56 Å². The summed E-state index contributed by atoms with van der Waals surface area (Å²) >= 11 is 5.84. The minimum atomic E-state index is -4.59. The van der Waals surface area contributed by atoms with Gasteiger partial charge in [0.05, 0.1) is 17.3 Å². The fourth-order valence-electron chi connectivity index (χ4n) is 1.13. The zero-order valence-electron chi connectivity index (χ0n) is 8.57. The molecule has 0 aromatic heterocycles. The molecule has 0 heterocycles. The van der Waals surface area contributed by atoms with E-state index in [2.05, 4.69) is 10.1 Å². The van der Waals surface area contributed by atoms with Gasteiger partial charge < -0.3 is 5.32 Å². The highest BCUT2D eigenvalue weighted by Gasteiger charge is 2.28. The molecule has 0 fully saturated rings. The highest BCUT2D eigenvalue weighted by atomic mass is 35.5. The maximum absolute atomic E-state index is 11.6. The van der Waals surface area contributed by atoms with Gasteiger partial charge in [-0.15, -0.1) is 13.2 Å². The number of anilines is 1. The van der Waals surface area contributed by atoms with E-state index in [0.29, 0.717) is 10.7 Å². The smallest absolute Gasteiger partial charge is 0.382 e. The van der Waals surface area contributed by atoms with Gasteiger partial charge in [-0.05, 0) is 24.6 Å². The lowest BCUT2D eigenvalue weighted by Gasteiger charge is -2.10. The highest BCUT2D eigenvalue weighted by Crippen LogP contribution is 2.22. The molecule has 6 heteroatoms.